The molecule has 1 aliphatic rings. The van der Waals surface area contributed by atoms with Crippen molar-refractivity contribution in [2.24, 2.45) is 5.92 Å². The van der Waals surface area contributed by atoms with Gasteiger partial charge in [0.2, 0.25) is 5.91 Å². The number of aliphatic hydroxyl groups is 1. The Morgan fingerprint density at radius 3 is 2.45 bits per heavy atom. The zero-order valence-electron chi connectivity index (χ0n) is 11.8. The second-order valence-electron chi connectivity index (χ2n) is 5.35. The summed E-state index contributed by atoms with van der Waals surface area (Å²) in [5.41, 5.74) is 1.21. The number of aliphatic hydroxyl groups excluding tert-OH is 1. The monoisotopic (exact) mass is 276 g/mol. The summed E-state index contributed by atoms with van der Waals surface area (Å²) < 4.78 is 0. The van der Waals surface area contributed by atoms with Crippen molar-refractivity contribution < 1.29 is 14.7 Å². The summed E-state index contributed by atoms with van der Waals surface area (Å²) in [6.45, 7) is 1.79. The highest BCUT2D eigenvalue weighted by Gasteiger charge is 2.31. The maximum absolute atomic E-state index is 12.2. The molecule has 0 radical (unpaired) electrons. The molecule has 108 valence electrons. The van der Waals surface area contributed by atoms with Crippen LogP contribution >= 0.6 is 0 Å². The van der Waals surface area contributed by atoms with Crippen molar-refractivity contribution in [3.05, 3.63) is 29.8 Å². The van der Waals surface area contributed by atoms with E-state index in [4.69, 9.17) is 0 Å². The van der Waals surface area contributed by atoms with Gasteiger partial charge in [0.15, 0.2) is 0 Å². The average molecular weight is 276 g/mol. The Balaban J connectivity index is 1.95. The Hall–Kier alpha value is -1.88. The van der Waals surface area contributed by atoms with Gasteiger partial charge in [-0.2, -0.15) is 0 Å². The standard InChI is InChI=1S/C15H20N2O3/c1-10(18)16-13-7-5-12(6-8-13)15(20)17(2)9-14(19)11-3-4-11/h5-8,11,14,19H,3-4,9H2,1-2H3,(H,16,18)/t14-/m0/s1. The molecule has 0 aliphatic heterocycles. The van der Waals surface area contributed by atoms with E-state index in [1.165, 1.54) is 11.8 Å². The number of nitrogens with zero attached hydrogens (tertiary/aromatic N) is 1. The molecule has 2 amide bonds. The van der Waals surface area contributed by atoms with Gasteiger partial charge < -0.3 is 15.3 Å². The summed E-state index contributed by atoms with van der Waals surface area (Å²) >= 11 is 0. The van der Waals surface area contributed by atoms with Crippen molar-refractivity contribution in [3.63, 3.8) is 0 Å². The van der Waals surface area contributed by atoms with Gasteiger partial charge in [-0.15, -0.1) is 0 Å². The Bertz CT molecular complexity index is 494. The lowest BCUT2D eigenvalue weighted by molar-refractivity contribution is -0.114. The maximum Gasteiger partial charge on any atom is 0.253 e. The summed E-state index contributed by atoms with van der Waals surface area (Å²) in [6.07, 6.45) is 1.67. The van der Waals surface area contributed by atoms with Crippen molar-refractivity contribution in [1.82, 2.24) is 4.90 Å². The van der Waals surface area contributed by atoms with Gasteiger partial charge in [0.1, 0.15) is 0 Å². The quantitative estimate of drug-likeness (QED) is 0.856. The molecule has 2 rings (SSSR count). The number of hydrogen-bond acceptors (Lipinski definition) is 3. The number of hydrogen-bond donors (Lipinski definition) is 2. The molecule has 1 fully saturated rings. The van der Waals surface area contributed by atoms with Crippen LogP contribution in [0.1, 0.15) is 30.1 Å². The molecule has 2 N–H and O–H groups in total. The fourth-order valence-electron chi connectivity index (χ4n) is 2.11. The third-order valence-corrected chi connectivity index (χ3v) is 3.43. The normalized spacial score (nSPS) is 15.6. The number of amides is 2. The highest BCUT2D eigenvalue weighted by molar-refractivity contribution is 5.95. The van der Waals surface area contributed by atoms with Gasteiger partial charge in [0.05, 0.1) is 6.10 Å². The zero-order chi connectivity index (χ0) is 14.7. The summed E-state index contributed by atoms with van der Waals surface area (Å²) in [5, 5.41) is 12.5. The average Bonchev–Trinajstić information content (AvgIpc) is 3.22. The summed E-state index contributed by atoms with van der Waals surface area (Å²) in [5.74, 6) is 0.0835. The molecule has 1 saturated carbocycles. The molecule has 1 aliphatic carbocycles. The highest BCUT2D eigenvalue weighted by Crippen LogP contribution is 2.32. The molecule has 1 aromatic rings. The minimum absolute atomic E-state index is 0.126. The van der Waals surface area contributed by atoms with Gasteiger partial charge in [-0.3, -0.25) is 9.59 Å². The van der Waals surface area contributed by atoms with Crippen LogP contribution in [0.2, 0.25) is 0 Å². The molecule has 1 aromatic carbocycles. The third-order valence-electron chi connectivity index (χ3n) is 3.43. The van der Waals surface area contributed by atoms with Crippen LogP contribution in [0.4, 0.5) is 5.69 Å². The van der Waals surface area contributed by atoms with Crippen LogP contribution in [0, 0.1) is 5.92 Å². The van der Waals surface area contributed by atoms with Crippen molar-refractivity contribution in [2.75, 3.05) is 18.9 Å². The van der Waals surface area contributed by atoms with Crippen molar-refractivity contribution in [2.45, 2.75) is 25.9 Å². The Labute approximate surface area is 118 Å². The van der Waals surface area contributed by atoms with Gasteiger partial charge in [-0.1, -0.05) is 0 Å². The molecule has 0 unspecified atom stereocenters. The van der Waals surface area contributed by atoms with E-state index in [-0.39, 0.29) is 11.8 Å². The van der Waals surface area contributed by atoms with Gasteiger partial charge in [-0.25, -0.2) is 0 Å². The van der Waals surface area contributed by atoms with Crippen LogP contribution in [0.25, 0.3) is 0 Å². The predicted octanol–water partition coefficient (Wildman–Crippen LogP) is 1.49. The second kappa shape index (κ2) is 6.05. The first kappa shape index (κ1) is 14.5. The van der Waals surface area contributed by atoms with E-state index in [0.29, 0.717) is 23.7 Å². The number of likely N-dealkylation sites (N-methyl/N-ethyl adjacent to an activating group) is 1. The molecule has 0 bridgehead atoms. The zero-order valence-corrected chi connectivity index (χ0v) is 11.8. The lowest BCUT2D eigenvalue weighted by Gasteiger charge is -2.20. The van der Waals surface area contributed by atoms with Crippen molar-refractivity contribution in [3.8, 4) is 0 Å². The molecule has 0 spiro atoms. The Morgan fingerprint density at radius 1 is 1.35 bits per heavy atom. The summed E-state index contributed by atoms with van der Waals surface area (Å²) in [7, 11) is 1.69. The lowest BCUT2D eigenvalue weighted by Crippen LogP contribution is -2.35. The smallest absolute Gasteiger partial charge is 0.253 e. The maximum atomic E-state index is 12.2. The fourth-order valence-corrected chi connectivity index (χ4v) is 2.11. The highest BCUT2D eigenvalue weighted by atomic mass is 16.3. The van der Waals surface area contributed by atoms with E-state index in [1.807, 2.05) is 0 Å². The van der Waals surface area contributed by atoms with Crippen LogP contribution < -0.4 is 5.32 Å². The van der Waals surface area contributed by atoms with E-state index in [0.717, 1.165) is 12.8 Å². The first-order chi connectivity index (χ1) is 9.47. The molecule has 1 atom stereocenters. The Kier molecular flexibility index (Phi) is 4.39. The van der Waals surface area contributed by atoms with Gasteiger partial charge in [0.25, 0.3) is 5.91 Å². The second-order valence-corrected chi connectivity index (χ2v) is 5.35. The van der Waals surface area contributed by atoms with Gasteiger partial charge in [-0.05, 0) is 43.0 Å². The van der Waals surface area contributed by atoms with Crippen LogP contribution in [0.5, 0.6) is 0 Å². The van der Waals surface area contributed by atoms with Crippen LogP contribution in [-0.2, 0) is 4.79 Å². The van der Waals surface area contributed by atoms with Crippen molar-refractivity contribution >= 4 is 17.5 Å². The topological polar surface area (TPSA) is 69.6 Å². The Morgan fingerprint density at radius 2 is 1.95 bits per heavy atom. The van der Waals surface area contributed by atoms with E-state index < -0.39 is 6.10 Å². The van der Waals surface area contributed by atoms with Gasteiger partial charge in [0, 0.05) is 31.8 Å². The largest absolute Gasteiger partial charge is 0.391 e. The fraction of sp³-hybridized carbons (Fsp3) is 0.467. The van der Waals surface area contributed by atoms with Crippen LogP contribution in [0.15, 0.2) is 24.3 Å². The number of carbonyl (C=O) groups excluding carboxylic acids is 2. The first-order valence-electron chi connectivity index (χ1n) is 6.78. The third kappa shape index (κ3) is 3.81. The predicted molar refractivity (Wildman–Crippen MR) is 76.4 cm³/mol. The molecular weight excluding hydrogens is 256 g/mol. The number of nitrogens with one attached hydrogen (secondary N) is 1. The summed E-state index contributed by atoms with van der Waals surface area (Å²) in [4.78, 5) is 24.6. The van der Waals surface area contributed by atoms with Crippen molar-refractivity contribution in [1.29, 1.82) is 0 Å². The molecule has 0 saturated heterocycles. The van der Waals surface area contributed by atoms with Crippen LogP contribution in [0.3, 0.4) is 0 Å². The number of rotatable bonds is 5. The first-order valence-corrected chi connectivity index (χ1v) is 6.78. The lowest BCUT2D eigenvalue weighted by atomic mass is 10.1. The van der Waals surface area contributed by atoms with E-state index in [9.17, 15) is 14.7 Å². The number of benzene rings is 1. The molecular formula is C15H20N2O3. The van der Waals surface area contributed by atoms with E-state index in [1.54, 1.807) is 31.3 Å². The minimum Gasteiger partial charge on any atom is -0.391 e. The van der Waals surface area contributed by atoms with Gasteiger partial charge >= 0.3 is 0 Å². The minimum atomic E-state index is -0.428. The molecule has 0 heterocycles. The molecule has 5 heteroatoms. The molecule has 20 heavy (non-hydrogen) atoms. The molecule has 0 aromatic heterocycles. The summed E-state index contributed by atoms with van der Waals surface area (Å²) in [6, 6.07) is 6.74. The number of anilines is 1. The number of carbonyl (C=O) groups is 2. The SMILES string of the molecule is CC(=O)Nc1ccc(C(=O)N(C)C[C@H](O)C2CC2)cc1. The van der Waals surface area contributed by atoms with E-state index in [2.05, 4.69) is 5.32 Å². The van der Waals surface area contributed by atoms with Crippen LogP contribution in [-0.4, -0.2) is 41.5 Å². The molecule has 5 nitrogen and oxygen atoms in total. The van der Waals surface area contributed by atoms with E-state index >= 15 is 0 Å².